The number of pyridine rings is 1. The number of anilines is 1. The van der Waals surface area contributed by atoms with Crippen LogP contribution in [-0.2, 0) is 14.8 Å². The molecule has 9 nitrogen and oxygen atoms in total. The van der Waals surface area contributed by atoms with Gasteiger partial charge in [0.25, 0.3) is 5.91 Å². The van der Waals surface area contributed by atoms with Gasteiger partial charge in [-0.15, -0.1) is 0 Å². The summed E-state index contributed by atoms with van der Waals surface area (Å²) < 4.78 is 34.0. The lowest BCUT2D eigenvalue weighted by Gasteiger charge is -2.30. The van der Waals surface area contributed by atoms with Gasteiger partial charge in [0.15, 0.2) is 5.82 Å². The van der Waals surface area contributed by atoms with E-state index in [4.69, 9.17) is 9.84 Å². The van der Waals surface area contributed by atoms with Crippen molar-refractivity contribution in [3.63, 3.8) is 0 Å². The summed E-state index contributed by atoms with van der Waals surface area (Å²) in [4.78, 5) is 17.4. The van der Waals surface area contributed by atoms with Gasteiger partial charge in [-0.2, -0.15) is 5.10 Å². The molecule has 10 heteroatoms. The third kappa shape index (κ3) is 5.24. The standard InChI is InChI=1S/C24H29N5O4S.C2H6/c1-15-4-7-22(26-12-15)29-23(24(30)25-2)19-10-18(17-5-6-17)21(11-20(19)27-29)28(34(3,31)32)9-8-16-13-33-14-16;1-2/h4,7,10-12,16-17H,5-6,8-9,13-14H2,1-3H3,(H,25,30);1-2H3. The van der Waals surface area contributed by atoms with E-state index in [0.717, 1.165) is 30.4 Å². The first-order chi connectivity index (χ1) is 17.3. The van der Waals surface area contributed by atoms with Crippen LogP contribution in [0.2, 0.25) is 0 Å². The van der Waals surface area contributed by atoms with Crippen LogP contribution < -0.4 is 9.62 Å². The fourth-order valence-electron chi connectivity index (χ4n) is 4.38. The van der Waals surface area contributed by atoms with E-state index in [1.807, 2.05) is 45.0 Å². The first kappa shape index (κ1) is 26.1. The molecule has 0 spiro atoms. The molecule has 0 atom stereocenters. The third-order valence-electron chi connectivity index (χ3n) is 6.51. The number of nitrogens with one attached hydrogen (secondary N) is 1. The molecule has 1 aliphatic heterocycles. The summed E-state index contributed by atoms with van der Waals surface area (Å²) in [6.07, 6.45) is 5.70. The number of aromatic nitrogens is 3. The summed E-state index contributed by atoms with van der Waals surface area (Å²) in [5.41, 5.74) is 3.55. The van der Waals surface area contributed by atoms with E-state index >= 15 is 0 Å². The van der Waals surface area contributed by atoms with Crippen molar-refractivity contribution in [1.29, 1.82) is 0 Å². The molecule has 1 saturated heterocycles. The van der Waals surface area contributed by atoms with Crippen molar-refractivity contribution in [3.05, 3.63) is 47.3 Å². The van der Waals surface area contributed by atoms with E-state index in [9.17, 15) is 13.2 Å². The minimum absolute atomic E-state index is 0.272. The van der Waals surface area contributed by atoms with Crippen molar-refractivity contribution in [3.8, 4) is 5.82 Å². The van der Waals surface area contributed by atoms with E-state index < -0.39 is 10.0 Å². The van der Waals surface area contributed by atoms with Crippen molar-refractivity contribution in [1.82, 2.24) is 20.1 Å². The number of amides is 1. The minimum atomic E-state index is -3.51. The van der Waals surface area contributed by atoms with Crippen LogP contribution in [0.1, 0.15) is 60.6 Å². The van der Waals surface area contributed by atoms with Gasteiger partial charge in [0.2, 0.25) is 10.0 Å². The topological polar surface area (TPSA) is 106 Å². The Bertz CT molecular complexity index is 1340. The Morgan fingerprint density at radius 3 is 2.47 bits per heavy atom. The Morgan fingerprint density at radius 2 is 1.94 bits per heavy atom. The molecular weight excluding hydrogens is 478 g/mol. The van der Waals surface area contributed by atoms with Gasteiger partial charge in [-0.05, 0) is 61.4 Å². The zero-order valence-corrected chi connectivity index (χ0v) is 22.4. The van der Waals surface area contributed by atoms with Crippen LogP contribution in [0.15, 0.2) is 30.5 Å². The maximum Gasteiger partial charge on any atom is 0.270 e. The molecule has 3 aromatic rings. The van der Waals surface area contributed by atoms with E-state index in [1.54, 1.807) is 17.9 Å². The fourth-order valence-corrected chi connectivity index (χ4v) is 5.33. The molecule has 194 valence electrons. The number of carbonyl (C=O) groups is 1. The Balaban J connectivity index is 0.00000148. The number of hydrogen-bond donors (Lipinski definition) is 1. The zero-order valence-electron chi connectivity index (χ0n) is 21.6. The van der Waals surface area contributed by atoms with Gasteiger partial charge in [-0.3, -0.25) is 9.10 Å². The normalized spacial score (nSPS) is 15.7. The quantitative estimate of drug-likeness (QED) is 0.491. The largest absolute Gasteiger partial charge is 0.381 e. The number of nitrogens with zero attached hydrogens (tertiary/aromatic N) is 4. The first-order valence-electron chi connectivity index (χ1n) is 12.5. The number of carbonyl (C=O) groups excluding carboxylic acids is 1. The molecule has 2 fully saturated rings. The van der Waals surface area contributed by atoms with Crippen LogP contribution in [0.25, 0.3) is 16.7 Å². The highest BCUT2D eigenvalue weighted by Gasteiger charge is 2.33. The Labute approximate surface area is 212 Å². The summed E-state index contributed by atoms with van der Waals surface area (Å²) in [5.74, 6) is 0.905. The van der Waals surface area contributed by atoms with Gasteiger partial charge in [0, 0.05) is 31.1 Å². The second-order valence-corrected chi connectivity index (χ2v) is 11.2. The lowest BCUT2D eigenvalue weighted by molar-refractivity contribution is -0.0340. The molecule has 1 aromatic carbocycles. The SMILES string of the molecule is CC.CNC(=O)c1c2cc(C3CC3)c(N(CCC3COC3)S(C)(=O)=O)cc2nn1-c1ccc(C)cn1. The van der Waals surface area contributed by atoms with Gasteiger partial charge in [-0.25, -0.2) is 18.1 Å². The van der Waals surface area contributed by atoms with Crippen LogP contribution in [0.5, 0.6) is 0 Å². The van der Waals surface area contributed by atoms with Gasteiger partial charge in [-0.1, -0.05) is 19.9 Å². The zero-order chi connectivity index (χ0) is 26.0. The lowest BCUT2D eigenvalue weighted by Crippen LogP contribution is -2.36. The van der Waals surface area contributed by atoms with Crippen molar-refractivity contribution in [2.75, 3.05) is 37.4 Å². The average molecular weight is 514 g/mol. The molecule has 1 N–H and O–H groups in total. The molecule has 0 unspecified atom stereocenters. The van der Waals surface area contributed by atoms with Crippen LogP contribution in [-0.4, -0.2) is 62.2 Å². The number of aryl methyl sites for hydroxylation is 1. The molecular formula is C26H35N5O4S. The molecule has 1 saturated carbocycles. The summed E-state index contributed by atoms with van der Waals surface area (Å²) >= 11 is 0. The minimum Gasteiger partial charge on any atom is -0.381 e. The van der Waals surface area contributed by atoms with Gasteiger partial charge < -0.3 is 10.1 Å². The molecule has 0 radical (unpaired) electrons. The Kier molecular flexibility index (Phi) is 7.65. The predicted molar refractivity (Wildman–Crippen MR) is 141 cm³/mol. The van der Waals surface area contributed by atoms with Gasteiger partial charge >= 0.3 is 0 Å². The molecule has 36 heavy (non-hydrogen) atoms. The molecule has 3 heterocycles. The fraction of sp³-hybridized carbons (Fsp3) is 0.500. The van der Waals surface area contributed by atoms with Crippen molar-refractivity contribution in [2.24, 2.45) is 5.92 Å². The summed E-state index contributed by atoms with van der Waals surface area (Å²) in [5, 5.41) is 8.10. The van der Waals surface area contributed by atoms with E-state index in [2.05, 4.69) is 10.3 Å². The van der Waals surface area contributed by atoms with Crippen LogP contribution in [0.4, 0.5) is 5.69 Å². The van der Waals surface area contributed by atoms with E-state index in [-0.39, 0.29) is 11.8 Å². The molecule has 1 amide bonds. The number of ether oxygens (including phenoxy) is 1. The molecule has 5 rings (SSSR count). The highest BCUT2D eigenvalue weighted by Crippen LogP contribution is 2.46. The van der Waals surface area contributed by atoms with Gasteiger partial charge in [0.05, 0.1) is 30.7 Å². The lowest BCUT2D eigenvalue weighted by atomic mass is 10.0. The van der Waals surface area contributed by atoms with Crippen LogP contribution in [0.3, 0.4) is 0 Å². The summed E-state index contributed by atoms with van der Waals surface area (Å²) in [6, 6.07) is 7.51. The number of sulfonamides is 1. The van der Waals surface area contributed by atoms with Crippen molar-refractivity contribution in [2.45, 2.75) is 46.0 Å². The molecule has 1 aliphatic carbocycles. The third-order valence-corrected chi connectivity index (χ3v) is 7.69. The monoisotopic (exact) mass is 513 g/mol. The Hall–Kier alpha value is -2.98. The molecule has 0 bridgehead atoms. The molecule has 2 aromatic heterocycles. The average Bonchev–Trinajstić information content (AvgIpc) is 3.61. The number of fused-ring (bicyclic) bond motifs is 1. The smallest absolute Gasteiger partial charge is 0.270 e. The second-order valence-electron chi connectivity index (χ2n) is 9.26. The number of benzene rings is 1. The van der Waals surface area contributed by atoms with E-state index in [0.29, 0.717) is 53.8 Å². The molecule has 2 aliphatic rings. The first-order valence-corrected chi connectivity index (χ1v) is 14.4. The maximum absolute atomic E-state index is 12.9. The summed E-state index contributed by atoms with van der Waals surface area (Å²) in [7, 11) is -1.93. The van der Waals surface area contributed by atoms with Crippen molar-refractivity contribution < 1.29 is 17.9 Å². The highest BCUT2D eigenvalue weighted by molar-refractivity contribution is 7.92. The van der Waals surface area contributed by atoms with E-state index in [1.165, 1.54) is 10.6 Å². The van der Waals surface area contributed by atoms with Gasteiger partial charge in [0.1, 0.15) is 5.69 Å². The van der Waals surface area contributed by atoms with Crippen LogP contribution in [0, 0.1) is 12.8 Å². The summed E-state index contributed by atoms with van der Waals surface area (Å²) in [6.45, 7) is 7.69. The maximum atomic E-state index is 12.9. The second kappa shape index (κ2) is 10.6. The number of rotatable bonds is 8. The van der Waals surface area contributed by atoms with Crippen LogP contribution >= 0.6 is 0 Å². The number of hydrogen-bond acceptors (Lipinski definition) is 6. The highest BCUT2D eigenvalue weighted by atomic mass is 32.2. The van der Waals surface area contributed by atoms with Crippen molar-refractivity contribution >= 4 is 32.5 Å². The predicted octanol–water partition coefficient (Wildman–Crippen LogP) is 3.79. The Morgan fingerprint density at radius 1 is 1.22 bits per heavy atom.